The van der Waals surface area contributed by atoms with Gasteiger partial charge in [0.05, 0.1) is 5.56 Å². The Morgan fingerprint density at radius 2 is 1.36 bits per heavy atom. The molecule has 4 heteroatoms. The van der Waals surface area contributed by atoms with Crippen molar-refractivity contribution in [2.24, 2.45) is 0 Å². The topological polar surface area (TPSA) is 21.3 Å². The zero-order chi connectivity index (χ0) is 17.8. The lowest BCUT2D eigenvalue weighted by Gasteiger charge is -2.12. The fraction of sp³-hybridized carbons (Fsp3) is 0.0476. The molecule has 126 valence electrons. The van der Waals surface area contributed by atoms with Gasteiger partial charge in [0.15, 0.2) is 0 Å². The van der Waals surface area contributed by atoms with Crippen LogP contribution in [0.25, 0.3) is 5.70 Å². The van der Waals surface area contributed by atoms with Gasteiger partial charge in [0, 0.05) is 11.4 Å². The van der Waals surface area contributed by atoms with Crippen molar-refractivity contribution >= 4 is 11.4 Å². The minimum Gasteiger partial charge on any atom is -0.457 e. The molecule has 0 fully saturated rings. The van der Waals surface area contributed by atoms with Crippen LogP contribution in [0.5, 0.6) is 11.5 Å². The molecule has 0 unspecified atom stereocenters. The van der Waals surface area contributed by atoms with Crippen LogP contribution in [0, 0.1) is 18.6 Å². The van der Waals surface area contributed by atoms with Crippen LogP contribution in [0.15, 0.2) is 73.3 Å². The normalized spacial score (nSPS) is 10.4. The molecule has 3 aromatic carbocycles. The van der Waals surface area contributed by atoms with Crippen molar-refractivity contribution in [3.05, 3.63) is 96.1 Å². The predicted molar refractivity (Wildman–Crippen MR) is 96.7 cm³/mol. The highest BCUT2D eigenvalue weighted by molar-refractivity contribution is 5.75. The third kappa shape index (κ3) is 4.04. The number of anilines is 1. The smallest absolute Gasteiger partial charge is 0.135 e. The molecule has 0 aliphatic heterocycles. The lowest BCUT2D eigenvalue weighted by Crippen LogP contribution is -2.02. The first-order valence-corrected chi connectivity index (χ1v) is 7.78. The van der Waals surface area contributed by atoms with Gasteiger partial charge in [-0.1, -0.05) is 30.3 Å². The van der Waals surface area contributed by atoms with Crippen LogP contribution in [-0.2, 0) is 0 Å². The molecule has 3 rings (SSSR count). The Hall–Kier alpha value is -3.14. The van der Waals surface area contributed by atoms with Gasteiger partial charge in [0.1, 0.15) is 23.1 Å². The SMILES string of the molecule is C=C(Nc1ccc(Oc2ccc(C)cc2)cc1)c1c(F)cccc1F. The van der Waals surface area contributed by atoms with Crippen molar-refractivity contribution in [2.45, 2.75) is 6.92 Å². The maximum atomic E-state index is 13.8. The van der Waals surface area contributed by atoms with E-state index in [1.807, 2.05) is 31.2 Å². The van der Waals surface area contributed by atoms with Gasteiger partial charge >= 0.3 is 0 Å². The van der Waals surface area contributed by atoms with Gasteiger partial charge in [0.2, 0.25) is 0 Å². The number of ether oxygens (including phenoxy) is 1. The third-order valence-electron chi connectivity index (χ3n) is 3.67. The minimum absolute atomic E-state index is 0.155. The summed E-state index contributed by atoms with van der Waals surface area (Å²) in [5.74, 6) is 0.0925. The van der Waals surface area contributed by atoms with E-state index in [1.165, 1.54) is 18.2 Å². The number of benzene rings is 3. The highest BCUT2D eigenvalue weighted by Gasteiger charge is 2.12. The van der Waals surface area contributed by atoms with Crippen LogP contribution < -0.4 is 10.1 Å². The van der Waals surface area contributed by atoms with E-state index in [-0.39, 0.29) is 11.3 Å². The second-order valence-corrected chi connectivity index (χ2v) is 5.64. The van der Waals surface area contributed by atoms with Gasteiger partial charge in [-0.15, -0.1) is 0 Å². The summed E-state index contributed by atoms with van der Waals surface area (Å²) in [6.45, 7) is 5.73. The second-order valence-electron chi connectivity index (χ2n) is 5.64. The van der Waals surface area contributed by atoms with Gasteiger partial charge in [0.25, 0.3) is 0 Å². The first-order chi connectivity index (χ1) is 12.0. The molecule has 1 N–H and O–H groups in total. The number of hydrogen-bond acceptors (Lipinski definition) is 2. The largest absolute Gasteiger partial charge is 0.457 e. The van der Waals surface area contributed by atoms with Gasteiger partial charge in [-0.3, -0.25) is 0 Å². The average molecular weight is 337 g/mol. The maximum absolute atomic E-state index is 13.8. The van der Waals surface area contributed by atoms with Crippen LogP contribution in [0.1, 0.15) is 11.1 Å². The summed E-state index contributed by atoms with van der Waals surface area (Å²) in [6, 6.07) is 18.5. The van der Waals surface area contributed by atoms with Gasteiger partial charge < -0.3 is 10.1 Å². The summed E-state index contributed by atoms with van der Waals surface area (Å²) in [5, 5.41) is 2.91. The molecule has 0 saturated heterocycles. The molecule has 0 saturated carbocycles. The van der Waals surface area contributed by atoms with Gasteiger partial charge in [-0.2, -0.15) is 0 Å². The Labute approximate surface area is 145 Å². The highest BCUT2D eigenvalue weighted by atomic mass is 19.1. The molecule has 0 radical (unpaired) electrons. The molecule has 0 bridgehead atoms. The minimum atomic E-state index is -0.656. The van der Waals surface area contributed by atoms with E-state index in [0.29, 0.717) is 11.4 Å². The standard InChI is InChI=1S/C21H17F2NO/c1-14-6-10-17(11-7-14)25-18-12-8-16(9-13-18)24-15(2)21-19(22)4-3-5-20(21)23/h3-13,24H,2H2,1H3. The summed E-state index contributed by atoms with van der Waals surface area (Å²) in [7, 11) is 0. The van der Waals surface area contributed by atoms with E-state index >= 15 is 0 Å². The zero-order valence-corrected chi connectivity index (χ0v) is 13.7. The molecule has 0 aliphatic rings. The molecular weight excluding hydrogens is 320 g/mol. The fourth-order valence-electron chi connectivity index (χ4n) is 2.37. The summed E-state index contributed by atoms with van der Waals surface area (Å²) in [5.41, 5.74) is 1.81. The number of rotatable bonds is 5. The van der Waals surface area contributed by atoms with Crippen molar-refractivity contribution in [1.29, 1.82) is 0 Å². The molecule has 0 atom stereocenters. The summed E-state index contributed by atoms with van der Waals surface area (Å²) in [4.78, 5) is 0. The van der Waals surface area contributed by atoms with Gasteiger partial charge in [-0.25, -0.2) is 8.78 Å². The van der Waals surface area contributed by atoms with E-state index in [0.717, 1.165) is 11.3 Å². The van der Waals surface area contributed by atoms with E-state index in [4.69, 9.17) is 4.74 Å². The van der Waals surface area contributed by atoms with Crippen LogP contribution in [0.2, 0.25) is 0 Å². The quantitative estimate of drug-likeness (QED) is 0.603. The van der Waals surface area contributed by atoms with E-state index in [2.05, 4.69) is 11.9 Å². The molecule has 25 heavy (non-hydrogen) atoms. The van der Waals surface area contributed by atoms with E-state index in [9.17, 15) is 8.78 Å². The van der Waals surface area contributed by atoms with Crippen LogP contribution >= 0.6 is 0 Å². The van der Waals surface area contributed by atoms with Gasteiger partial charge in [-0.05, 0) is 55.5 Å². The third-order valence-corrected chi connectivity index (χ3v) is 3.67. The molecule has 0 aliphatic carbocycles. The lowest BCUT2D eigenvalue weighted by molar-refractivity contribution is 0.482. The number of hydrogen-bond donors (Lipinski definition) is 1. The predicted octanol–water partition coefficient (Wildman–Crippen LogP) is 6.15. The van der Waals surface area contributed by atoms with E-state index in [1.54, 1.807) is 24.3 Å². The van der Waals surface area contributed by atoms with Crippen molar-refractivity contribution in [1.82, 2.24) is 0 Å². The number of aryl methyl sites for hydroxylation is 1. The highest BCUT2D eigenvalue weighted by Crippen LogP contribution is 2.26. The Morgan fingerprint density at radius 1 is 0.840 bits per heavy atom. The van der Waals surface area contributed by atoms with E-state index < -0.39 is 11.6 Å². The molecule has 0 aromatic heterocycles. The Morgan fingerprint density at radius 3 is 1.92 bits per heavy atom. The van der Waals surface area contributed by atoms with Crippen molar-refractivity contribution in [3.63, 3.8) is 0 Å². The zero-order valence-electron chi connectivity index (χ0n) is 13.7. The monoisotopic (exact) mass is 337 g/mol. The Kier molecular flexibility index (Phi) is 4.80. The molecule has 2 nitrogen and oxygen atoms in total. The maximum Gasteiger partial charge on any atom is 0.135 e. The molecule has 3 aromatic rings. The molecule has 0 spiro atoms. The second kappa shape index (κ2) is 7.18. The average Bonchev–Trinajstić information content (AvgIpc) is 2.58. The molecule has 0 amide bonds. The summed E-state index contributed by atoms with van der Waals surface area (Å²) < 4.78 is 33.3. The van der Waals surface area contributed by atoms with Crippen molar-refractivity contribution in [2.75, 3.05) is 5.32 Å². The first kappa shape index (κ1) is 16.7. The molecule has 0 heterocycles. The van der Waals surface area contributed by atoms with Crippen LogP contribution in [-0.4, -0.2) is 0 Å². The molecular formula is C21H17F2NO. The lowest BCUT2D eigenvalue weighted by atomic mass is 10.1. The number of nitrogens with one attached hydrogen (secondary N) is 1. The Bertz CT molecular complexity index is 867. The fourth-order valence-corrected chi connectivity index (χ4v) is 2.37. The van der Waals surface area contributed by atoms with Crippen LogP contribution in [0.3, 0.4) is 0 Å². The van der Waals surface area contributed by atoms with Crippen molar-refractivity contribution in [3.8, 4) is 11.5 Å². The summed E-state index contributed by atoms with van der Waals surface area (Å²) in [6.07, 6.45) is 0. The van der Waals surface area contributed by atoms with Crippen LogP contribution in [0.4, 0.5) is 14.5 Å². The Balaban J connectivity index is 1.70. The first-order valence-electron chi connectivity index (χ1n) is 7.78. The number of halogens is 2. The summed E-state index contributed by atoms with van der Waals surface area (Å²) >= 11 is 0. The van der Waals surface area contributed by atoms with Crippen molar-refractivity contribution < 1.29 is 13.5 Å².